The van der Waals surface area contributed by atoms with Crippen molar-refractivity contribution in [2.75, 3.05) is 12.0 Å². The van der Waals surface area contributed by atoms with Gasteiger partial charge in [-0.3, -0.25) is 9.59 Å². The summed E-state index contributed by atoms with van der Waals surface area (Å²) >= 11 is 0. The topological polar surface area (TPSA) is 86.9 Å². The number of amides is 1. The first kappa shape index (κ1) is 21.6. The highest BCUT2D eigenvalue weighted by molar-refractivity contribution is 5.97. The molecule has 1 amide bonds. The molecular formula is C23H27FN4O2. The van der Waals surface area contributed by atoms with Crippen molar-refractivity contribution < 1.29 is 9.18 Å². The van der Waals surface area contributed by atoms with Crippen LogP contribution in [0.2, 0.25) is 0 Å². The van der Waals surface area contributed by atoms with Gasteiger partial charge in [0.05, 0.1) is 17.3 Å². The number of pyridine rings is 1. The summed E-state index contributed by atoms with van der Waals surface area (Å²) < 4.78 is 15.1. The van der Waals surface area contributed by atoms with Gasteiger partial charge in [-0.15, -0.1) is 0 Å². The van der Waals surface area contributed by atoms with Gasteiger partial charge in [0, 0.05) is 6.54 Å². The Hall–Kier alpha value is -3.14. The van der Waals surface area contributed by atoms with E-state index in [9.17, 15) is 19.2 Å². The predicted octanol–water partition coefficient (Wildman–Crippen LogP) is 3.70. The number of nitriles is 1. The summed E-state index contributed by atoms with van der Waals surface area (Å²) in [6.07, 6.45) is 3.78. The highest BCUT2D eigenvalue weighted by Crippen LogP contribution is 2.38. The molecule has 1 aromatic heterocycles. The van der Waals surface area contributed by atoms with Crippen molar-refractivity contribution in [3.8, 4) is 6.07 Å². The Balaban J connectivity index is 2.02. The molecule has 0 unspecified atom stereocenters. The lowest BCUT2D eigenvalue weighted by molar-refractivity contribution is 0.0898. The van der Waals surface area contributed by atoms with E-state index >= 15 is 0 Å². The highest BCUT2D eigenvalue weighted by atomic mass is 19.1. The molecule has 1 aliphatic carbocycles. The lowest BCUT2D eigenvalue weighted by Gasteiger charge is -2.35. The summed E-state index contributed by atoms with van der Waals surface area (Å²) in [6, 6.07) is 7.90. The molecule has 0 bridgehead atoms. The van der Waals surface area contributed by atoms with Crippen LogP contribution < -0.4 is 16.3 Å². The summed E-state index contributed by atoms with van der Waals surface area (Å²) in [5, 5.41) is 12.6. The third-order valence-corrected chi connectivity index (χ3v) is 5.84. The number of aromatic nitrogens is 1. The minimum absolute atomic E-state index is 0.0553. The van der Waals surface area contributed by atoms with Gasteiger partial charge in [0.25, 0.3) is 11.5 Å². The van der Waals surface area contributed by atoms with Crippen LogP contribution in [0, 0.1) is 36.9 Å². The predicted molar refractivity (Wildman–Crippen MR) is 113 cm³/mol. The molecule has 7 heteroatoms. The molecule has 2 N–H and O–H groups in total. The Morgan fingerprint density at radius 1 is 1.37 bits per heavy atom. The molecule has 1 saturated carbocycles. The monoisotopic (exact) mass is 410 g/mol. The molecule has 1 fully saturated rings. The molecule has 6 nitrogen and oxygen atoms in total. The zero-order valence-electron chi connectivity index (χ0n) is 17.6. The summed E-state index contributed by atoms with van der Waals surface area (Å²) in [5.74, 6) is -0.479. The number of rotatable bonds is 7. The van der Waals surface area contributed by atoms with E-state index in [1.807, 2.05) is 19.1 Å². The average Bonchev–Trinajstić information content (AvgIpc) is 2.66. The van der Waals surface area contributed by atoms with Crippen molar-refractivity contribution in [2.24, 2.45) is 5.92 Å². The van der Waals surface area contributed by atoms with Crippen molar-refractivity contribution in [1.29, 1.82) is 5.26 Å². The van der Waals surface area contributed by atoms with Crippen molar-refractivity contribution in [2.45, 2.75) is 52.5 Å². The maximum Gasteiger partial charge on any atom is 0.287 e. The molecular weight excluding hydrogens is 383 g/mol. The Labute approximate surface area is 175 Å². The number of benzene rings is 1. The standard InChI is InChI=1S/C23H27FN4O2/c1-4-11-26-28-15(3)20(14(2)19(13-25)23(28)30)22(29)27-21(16-7-5-8-16)17-9-6-10-18(24)12-17/h6,9-10,12,16,21,26H,4-5,7-8,11H2,1-3H3,(H,27,29)/t21-/m0/s1. The molecule has 1 aromatic carbocycles. The van der Waals surface area contributed by atoms with Crippen LogP contribution in [0.1, 0.15) is 71.4 Å². The second-order valence-electron chi connectivity index (χ2n) is 7.82. The van der Waals surface area contributed by atoms with Gasteiger partial charge >= 0.3 is 0 Å². The van der Waals surface area contributed by atoms with Gasteiger partial charge in [-0.1, -0.05) is 25.5 Å². The van der Waals surface area contributed by atoms with E-state index in [0.717, 1.165) is 31.2 Å². The lowest BCUT2D eigenvalue weighted by atomic mass is 9.77. The number of hydrogen-bond acceptors (Lipinski definition) is 4. The third kappa shape index (κ3) is 4.09. The van der Waals surface area contributed by atoms with Gasteiger partial charge in [-0.25, -0.2) is 9.07 Å². The number of hydrogen-bond donors (Lipinski definition) is 2. The third-order valence-electron chi connectivity index (χ3n) is 5.84. The molecule has 3 rings (SSSR count). The molecule has 2 aromatic rings. The van der Waals surface area contributed by atoms with E-state index in [4.69, 9.17) is 0 Å². The van der Waals surface area contributed by atoms with Gasteiger partial charge in [0.1, 0.15) is 17.4 Å². The Kier molecular flexibility index (Phi) is 6.56. The van der Waals surface area contributed by atoms with Crippen LogP contribution in [0.25, 0.3) is 0 Å². The van der Waals surface area contributed by atoms with E-state index in [1.54, 1.807) is 19.9 Å². The molecule has 0 saturated heterocycles. The summed E-state index contributed by atoms with van der Waals surface area (Å²) in [4.78, 5) is 26.0. The maximum absolute atomic E-state index is 13.8. The fourth-order valence-electron chi connectivity index (χ4n) is 3.97. The zero-order valence-corrected chi connectivity index (χ0v) is 17.6. The SMILES string of the molecule is CCCNn1c(C)c(C(=O)N[C@H](c2cccc(F)c2)C2CCC2)c(C)c(C#N)c1=O. The number of nitrogens with zero attached hydrogens (tertiary/aromatic N) is 2. The first-order valence-electron chi connectivity index (χ1n) is 10.4. The molecule has 0 spiro atoms. The van der Waals surface area contributed by atoms with Crippen LogP contribution in [0.3, 0.4) is 0 Å². The molecule has 1 heterocycles. The summed E-state index contributed by atoms with van der Waals surface area (Å²) in [6.45, 7) is 5.80. The Morgan fingerprint density at radius 2 is 2.10 bits per heavy atom. The second-order valence-corrected chi connectivity index (χ2v) is 7.82. The lowest BCUT2D eigenvalue weighted by Crippen LogP contribution is -2.40. The van der Waals surface area contributed by atoms with Gasteiger partial charge < -0.3 is 10.7 Å². The molecule has 1 aliphatic rings. The highest BCUT2D eigenvalue weighted by Gasteiger charge is 2.32. The number of carbonyl (C=O) groups excluding carboxylic acids is 1. The first-order chi connectivity index (χ1) is 14.4. The van der Waals surface area contributed by atoms with Crippen LogP contribution in [-0.2, 0) is 0 Å². The fourth-order valence-corrected chi connectivity index (χ4v) is 3.97. The molecule has 30 heavy (non-hydrogen) atoms. The largest absolute Gasteiger partial charge is 0.345 e. The maximum atomic E-state index is 13.8. The molecule has 1 atom stereocenters. The fraction of sp³-hybridized carbons (Fsp3) is 0.435. The Morgan fingerprint density at radius 3 is 2.67 bits per heavy atom. The molecule has 0 aliphatic heterocycles. The minimum Gasteiger partial charge on any atom is -0.345 e. The van der Waals surface area contributed by atoms with Crippen LogP contribution in [0.4, 0.5) is 4.39 Å². The van der Waals surface area contributed by atoms with Crippen molar-refractivity contribution >= 4 is 5.91 Å². The molecule has 158 valence electrons. The summed E-state index contributed by atoms with van der Waals surface area (Å²) in [5.41, 5.74) is 4.31. The van der Waals surface area contributed by atoms with E-state index in [2.05, 4.69) is 10.7 Å². The van der Waals surface area contributed by atoms with Gasteiger partial charge in [-0.2, -0.15) is 5.26 Å². The van der Waals surface area contributed by atoms with Crippen LogP contribution in [0.15, 0.2) is 29.1 Å². The van der Waals surface area contributed by atoms with Crippen LogP contribution in [0.5, 0.6) is 0 Å². The van der Waals surface area contributed by atoms with Crippen molar-refractivity contribution in [3.63, 3.8) is 0 Å². The molecule has 0 radical (unpaired) electrons. The first-order valence-corrected chi connectivity index (χ1v) is 10.4. The van der Waals surface area contributed by atoms with Gasteiger partial charge in [-0.05, 0) is 62.3 Å². The van der Waals surface area contributed by atoms with Gasteiger partial charge in [0.15, 0.2) is 0 Å². The number of carbonyl (C=O) groups is 1. The van der Waals surface area contributed by atoms with Crippen molar-refractivity contribution in [1.82, 2.24) is 9.99 Å². The average molecular weight is 410 g/mol. The normalized spacial score (nSPS) is 14.5. The van der Waals surface area contributed by atoms with Gasteiger partial charge in [0.2, 0.25) is 0 Å². The number of halogens is 1. The van der Waals surface area contributed by atoms with Crippen LogP contribution >= 0.6 is 0 Å². The number of nitrogens with one attached hydrogen (secondary N) is 2. The van der Waals surface area contributed by atoms with Crippen molar-refractivity contribution in [3.05, 3.63) is 68.4 Å². The van der Waals surface area contributed by atoms with E-state index < -0.39 is 5.56 Å². The zero-order chi connectivity index (χ0) is 21.8. The quantitative estimate of drug-likeness (QED) is 0.729. The summed E-state index contributed by atoms with van der Waals surface area (Å²) in [7, 11) is 0. The van der Waals surface area contributed by atoms with Crippen LogP contribution in [-0.4, -0.2) is 17.1 Å². The smallest absolute Gasteiger partial charge is 0.287 e. The second kappa shape index (κ2) is 9.12. The van der Waals surface area contributed by atoms with E-state index in [0.29, 0.717) is 23.4 Å². The minimum atomic E-state index is -0.460. The van der Waals surface area contributed by atoms with E-state index in [-0.39, 0.29) is 29.2 Å². The van der Waals surface area contributed by atoms with E-state index in [1.165, 1.54) is 16.8 Å². The Bertz CT molecular complexity index is 1050.